The van der Waals surface area contributed by atoms with Gasteiger partial charge in [0.25, 0.3) is 5.91 Å². The standard InChI is InChI=1S/C12H16FN3O/c1-3-16(9-4-5-9)12(17)10-6-8(13)7-15-11(10)14-2/h6-7,9H,3-5H2,1-2H3,(H,14,15). The molecule has 1 fully saturated rings. The van der Waals surface area contributed by atoms with Crippen molar-refractivity contribution in [3.63, 3.8) is 0 Å². The number of hydrogen-bond donors (Lipinski definition) is 1. The van der Waals surface area contributed by atoms with Crippen LogP contribution >= 0.6 is 0 Å². The monoisotopic (exact) mass is 237 g/mol. The second kappa shape index (κ2) is 4.69. The van der Waals surface area contributed by atoms with Crippen molar-refractivity contribution in [2.45, 2.75) is 25.8 Å². The van der Waals surface area contributed by atoms with Gasteiger partial charge in [0.15, 0.2) is 0 Å². The molecule has 1 aromatic rings. The molecule has 0 unspecified atom stereocenters. The Kier molecular flexibility index (Phi) is 3.26. The highest BCUT2D eigenvalue weighted by Gasteiger charge is 2.33. The van der Waals surface area contributed by atoms with Gasteiger partial charge in [0.1, 0.15) is 11.6 Å². The summed E-state index contributed by atoms with van der Waals surface area (Å²) in [5.74, 6) is -0.207. The molecule has 0 saturated heterocycles. The van der Waals surface area contributed by atoms with E-state index in [0.717, 1.165) is 19.0 Å². The van der Waals surface area contributed by atoms with Crippen LogP contribution in [-0.2, 0) is 0 Å². The number of rotatable bonds is 4. The highest BCUT2D eigenvalue weighted by Crippen LogP contribution is 2.29. The van der Waals surface area contributed by atoms with Crippen LogP contribution in [0.25, 0.3) is 0 Å². The second-order valence-electron chi connectivity index (χ2n) is 4.12. The molecule has 1 aliphatic carbocycles. The van der Waals surface area contributed by atoms with E-state index in [2.05, 4.69) is 10.3 Å². The quantitative estimate of drug-likeness (QED) is 0.869. The number of aromatic nitrogens is 1. The maximum atomic E-state index is 13.2. The van der Waals surface area contributed by atoms with E-state index in [9.17, 15) is 9.18 Å². The van der Waals surface area contributed by atoms with Gasteiger partial charge in [-0.2, -0.15) is 0 Å². The minimum Gasteiger partial charge on any atom is -0.372 e. The first-order valence-corrected chi connectivity index (χ1v) is 5.81. The van der Waals surface area contributed by atoms with Crippen molar-refractivity contribution < 1.29 is 9.18 Å². The predicted molar refractivity (Wildman–Crippen MR) is 63.5 cm³/mol. The molecular weight excluding hydrogens is 221 g/mol. The fourth-order valence-corrected chi connectivity index (χ4v) is 1.91. The van der Waals surface area contributed by atoms with Crippen molar-refractivity contribution >= 4 is 11.7 Å². The SMILES string of the molecule is CCN(C(=O)c1cc(F)cnc1NC)C1CC1. The third-order valence-electron chi connectivity index (χ3n) is 2.91. The van der Waals surface area contributed by atoms with Crippen LogP contribution in [0.5, 0.6) is 0 Å². The van der Waals surface area contributed by atoms with Gasteiger partial charge in [-0.1, -0.05) is 0 Å². The number of nitrogens with zero attached hydrogens (tertiary/aromatic N) is 2. The van der Waals surface area contributed by atoms with Gasteiger partial charge in [0.05, 0.1) is 11.8 Å². The van der Waals surface area contributed by atoms with Crippen LogP contribution in [0.15, 0.2) is 12.3 Å². The first-order valence-electron chi connectivity index (χ1n) is 5.81. The van der Waals surface area contributed by atoms with E-state index in [-0.39, 0.29) is 5.91 Å². The van der Waals surface area contributed by atoms with Crippen LogP contribution in [0.1, 0.15) is 30.1 Å². The molecular formula is C12H16FN3O. The van der Waals surface area contributed by atoms with Crippen molar-refractivity contribution in [1.29, 1.82) is 0 Å². The van der Waals surface area contributed by atoms with Crippen molar-refractivity contribution in [1.82, 2.24) is 9.88 Å². The molecule has 1 heterocycles. The Hall–Kier alpha value is -1.65. The zero-order chi connectivity index (χ0) is 12.4. The van der Waals surface area contributed by atoms with Crippen LogP contribution in [0.2, 0.25) is 0 Å². The first-order chi connectivity index (χ1) is 8.17. The Bertz CT molecular complexity index is 432. The fourth-order valence-electron chi connectivity index (χ4n) is 1.91. The average Bonchev–Trinajstić information content (AvgIpc) is 3.14. The normalized spacial score (nSPS) is 14.5. The summed E-state index contributed by atoms with van der Waals surface area (Å²) in [6.45, 7) is 2.57. The Balaban J connectivity index is 2.31. The molecule has 0 aromatic carbocycles. The Morgan fingerprint density at radius 1 is 1.65 bits per heavy atom. The van der Waals surface area contributed by atoms with Gasteiger partial charge in [0, 0.05) is 19.6 Å². The fraction of sp³-hybridized carbons (Fsp3) is 0.500. The lowest BCUT2D eigenvalue weighted by molar-refractivity contribution is 0.0752. The molecule has 0 bridgehead atoms. The molecule has 0 spiro atoms. The summed E-state index contributed by atoms with van der Waals surface area (Å²) >= 11 is 0. The lowest BCUT2D eigenvalue weighted by Gasteiger charge is -2.21. The molecule has 0 aliphatic heterocycles. The minimum absolute atomic E-state index is 0.147. The summed E-state index contributed by atoms with van der Waals surface area (Å²) in [6.07, 6.45) is 3.18. The lowest BCUT2D eigenvalue weighted by atomic mass is 10.2. The van der Waals surface area contributed by atoms with Crippen molar-refractivity contribution in [2.75, 3.05) is 18.9 Å². The van der Waals surface area contributed by atoms with E-state index in [4.69, 9.17) is 0 Å². The predicted octanol–water partition coefficient (Wildman–Crippen LogP) is 1.89. The van der Waals surface area contributed by atoms with Gasteiger partial charge in [0.2, 0.25) is 0 Å². The van der Waals surface area contributed by atoms with Crippen LogP contribution in [-0.4, -0.2) is 35.4 Å². The summed E-state index contributed by atoms with van der Waals surface area (Å²) < 4.78 is 13.2. The van der Waals surface area contributed by atoms with Crippen LogP contribution < -0.4 is 5.32 Å². The number of pyridine rings is 1. The molecule has 1 aromatic heterocycles. The third-order valence-corrected chi connectivity index (χ3v) is 2.91. The van der Waals surface area contributed by atoms with E-state index in [1.807, 2.05) is 6.92 Å². The highest BCUT2D eigenvalue weighted by atomic mass is 19.1. The van der Waals surface area contributed by atoms with E-state index >= 15 is 0 Å². The molecule has 1 saturated carbocycles. The zero-order valence-electron chi connectivity index (χ0n) is 10.0. The van der Waals surface area contributed by atoms with Crippen LogP contribution in [0.4, 0.5) is 10.2 Å². The molecule has 5 heteroatoms. The van der Waals surface area contributed by atoms with Gasteiger partial charge in [-0.3, -0.25) is 4.79 Å². The number of halogens is 1. The zero-order valence-corrected chi connectivity index (χ0v) is 10.0. The minimum atomic E-state index is -0.487. The number of carbonyl (C=O) groups excluding carboxylic acids is 1. The number of carbonyl (C=O) groups is 1. The summed E-state index contributed by atoms with van der Waals surface area (Å²) in [5.41, 5.74) is 0.307. The molecule has 17 heavy (non-hydrogen) atoms. The smallest absolute Gasteiger partial charge is 0.257 e. The molecule has 1 aliphatic rings. The summed E-state index contributed by atoms with van der Waals surface area (Å²) in [5, 5.41) is 2.82. The first kappa shape index (κ1) is 11.8. The third kappa shape index (κ3) is 2.38. The van der Waals surface area contributed by atoms with Crippen molar-refractivity contribution in [2.24, 2.45) is 0 Å². The van der Waals surface area contributed by atoms with Crippen molar-refractivity contribution in [3.8, 4) is 0 Å². The maximum absolute atomic E-state index is 13.2. The molecule has 1 amide bonds. The molecule has 0 atom stereocenters. The summed E-state index contributed by atoms with van der Waals surface area (Å²) in [4.78, 5) is 17.9. The average molecular weight is 237 g/mol. The van der Waals surface area contributed by atoms with Gasteiger partial charge < -0.3 is 10.2 Å². The topological polar surface area (TPSA) is 45.2 Å². The van der Waals surface area contributed by atoms with Gasteiger partial charge in [-0.05, 0) is 25.8 Å². The van der Waals surface area contributed by atoms with E-state index in [1.54, 1.807) is 11.9 Å². The van der Waals surface area contributed by atoms with E-state index < -0.39 is 5.82 Å². The summed E-state index contributed by atoms with van der Waals surface area (Å²) in [7, 11) is 1.67. The largest absolute Gasteiger partial charge is 0.372 e. The molecule has 4 nitrogen and oxygen atoms in total. The van der Waals surface area contributed by atoms with Crippen molar-refractivity contribution in [3.05, 3.63) is 23.6 Å². The van der Waals surface area contributed by atoms with Gasteiger partial charge in [-0.15, -0.1) is 0 Å². The molecule has 0 radical (unpaired) electrons. The van der Waals surface area contributed by atoms with Crippen LogP contribution in [0, 0.1) is 5.82 Å². The Morgan fingerprint density at radius 3 is 2.88 bits per heavy atom. The van der Waals surface area contributed by atoms with Crippen LogP contribution in [0.3, 0.4) is 0 Å². The maximum Gasteiger partial charge on any atom is 0.257 e. The molecule has 2 rings (SSSR count). The summed E-state index contributed by atoms with van der Waals surface area (Å²) in [6, 6.07) is 1.56. The molecule has 1 N–H and O–H groups in total. The lowest BCUT2D eigenvalue weighted by Crippen LogP contribution is -2.33. The van der Waals surface area contributed by atoms with Gasteiger partial charge in [-0.25, -0.2) is 9.37 Å². The Morgan fingerprint density at radius 2 is 2.35 bits per heavy atom. The van der Waals surface area contributed by atoms with E-state index in [1.165, 1.54) is 6.07 Å². The highest BCUT2D eigenvalue weighted by molar-refractivity contribution is 5.99. The molecule has 92 valence electrons. The van der Waals surface area contributed by atoms with E-state index in [0.29, 0.717) is 24.0 Å². The van der Waals surface area contributed by atoms with Gasteiger partial charge >= 0.3 is 0 Å². The number of hydrogen-bond acceptors (Lipinski definition) is 3. The second-order valence-corrected chi connectivity index (χ2v) is 4.12. The Labute approximate surface area is 99.8 Å². The number of anilines is 1. The number of amides is 1. The number of nitrogens with one attached hydrogen (secondary N) is 1.